The molecule has 2 nitrogen and oxygen atoms in total. The number of ether oxygens (including phenoxy) is 1. The normalized spacial score (nSPS) is 19.1. The quantitative estimate of drug-likeness (QED) is 0.735. The summed E-state index contributed by atoms with van der Waals surface area (Å²) in [6.07, 6.45) is 2.56. The highest BCUT2D eigenvalue weighted by molar-refractivity contribution is 5.37. The largest absolute Gasteiger partial charge is 0.488 e. The highest BCUT2D eigenvalue weighted by Crippen LogP contribution is 2.27. The van der Waals surface area contributed by atoms with Gasteiger partial charge >= 0.3 is 0 Å². The molecule has 2 heteroatoms. The summed E-state index contributed by atoms with van der Waals surface area (Å²) >= 11 is 0. The highest BCUT2D eigenvalue weighted by atomic mass is 16.5. The lowest BCUT2D eigenvalue weighted by atomic mass is 10.1. The fraction of sp³-hybridized carbons (Fsp3) is 0.500. The first-order chi connectivity index (χ1) is 6.90. The predicted molar refractivity (Wildman–Crippen MR) is 57.7 cm³/mol. The molecule has 14 heavy (non-hydrogen) atoms. The third-order valence-electron chi connectivity index (χ3n) is 2.51. The summed E-state index contributed by atoms with van der Waals surface area (Å²) < 4.78 is 5.79. The van der Waals surface area contributed by atoms with Gasteiger partial charge in [0.2, 0.25) is 0 Å². The van der Waals surface area contributed by atoms with Gasteiger partial charge in [0.15, 0.2) is 0 Å². The van der Waals surface area contributed by atoms with Crippen molar-refractivity contribution in [3.05, 3.63) is 29.8 Å². The minimum atomic E-state index is 0.332. The molecule has 0 amide bonds. The summed E-state index contributed by atoms with van der Waals surface area (Å²) in [7, 11) is 0. The van der Waals surface area contributed by atoms with Crippen LogP contribution in [0.3, 0.4) is 0 Å². The van der Waals surface area contributed by atoms with Crippen LogP contribution in [-0.4, -0.2) is 19.2 Å². The van der Waals surface area contributed by atoms with E-state index in [-0.39, 0.29) is 0 Å². The predicted octanol–water partition coefficient (Wildman–Crippen LogP) is 1.99. The number of para-hydroxylation sites is 1. The third-order valence-corrected chi connectivity index (χ3v) is 2.51. The monoisotopic (exact) mass is 191 g/mol. The Hall–Kier alpha value is -1.02. The van der Waals surface area contributed by atoms with E-state index in [0.29, 0.717) is 6.10 Å². The zero-order valence-electron chi connectivity index (χ0n) is 8.62. The first kappa shape index (κ1) is 9.53. The Morgan fingerprint density at radius 2 is 2.29 bits per heavy atom. The molecular formula is C12H17NO. The minimum absolute atomic E-state index is 0.332. The maximum absolute atomic E-state index is 5.79. The summed E-state index contributed by atoms with van der Waals surface area (Å²) in [5.41, 5.74) is 1.34. The number of hydrogen-bond acceptors (Lipinski definition) is 2. The lowest BCUT2D eigenvalue weighted by molar-refractivity contribution is 0.228. The topological polar surface area (TPSA) is 21.3 Å². The van der Waals surface area contributed by atoms with E-state index in [4.69, 9.17) is 4.74 Å². The molecular weight excluding hydrogens is 174 g/mol. The van der Waals surface area contributed by atoms with E-state index in [1.54, 1.807) is 0 Å². The maximum atomic E-state index is 5.79. The van der Waals surface area contributed by atoms with Crippen LogP contribution in [0.15, 0.2) is 24.3 Å². The van der Waals surface area contributed by atoms with Gasteiger partial charge in [-0.3, -0.25) is 0 Å². The third kappa shape index (κ3) is 2.07. The van der Waals surface area contributed by atoms with Crippen molar-refractivity contribution < 1.29 is 4.74 Å². The van der Waals surface area contributed by atoms with Gasteiger partial charge < -0.3 is 10.1 Å². The Balaban J connectivity index is 1.86. The van der Waals surface area contributed by atoms with Crippen molar-refractivity contribution in [1.29, 1.82) is 0 Å². The van der Waals surface area contributed by atoms with E-state index in [1.165, 1.54) is 12.0 Å². The van der Waals surface area contributed by atoms with Crippen molar-refractivity contribution in [2.75, 3.05) is 13.1 Å². The highest BCUT2D eigenvalue weighted by Gasteiger charge is 2.21. The number of benzene rings is 1. The molecule has 0 bridgehead atoms. The SMILES string of the molecule is CCCNC[C@H]1Cc2ccccc2O1. The average Bonchev–Trinajstić information content (AvgIpc) is 2.60. The van der Waals surface area contributed by atoms with Crippen molar-refractivity contribution >= 4 is 0 Å². The summed E-state index contributed by atoms with van der Waals surface area (Å²) in [4.78, 5) is 0. The van der Waals surface area contributed by atoms with Crippen LogP contribution in [-0.2, 0) is 6.42 Å². The molecule has 0 fully saturated rings. The number of hydrogen-bond donors (Lipinski definition) is 1. The van der Waals surface area contributed by atoms with E-state index >= 15 is 0 Å². The van der Waals surface area contributed by atoms with Crippen molar-refractivity contribution in [2.24, 2.45) is 0 Å². The zero-order valence-corrected chi connectivity index (χ0v) is 8.62. The smallest absolute Gasteiger partial charge is 0.123 e. The molecule has 0 saturated carbocycles. The van der Waals surface area contributed by atoms with Crippen LogP contribution < -0.4 is 10.1 Å². The Morgan fingerprint density at radius 1 is 1.43 bits per heavy atom. The van der Waals surface area contributed by atoms with Gasteiger partial charge in [0.25, 0.3) is 0 Å². The van der Waals surface area contributed by atoms with Crippen LogP contribution in [0.5, 0.6) is 5.75 Å². The molecule has 0 aromatic heterocycles. The van der Waals surface area contributed by atoms with E-state index < -0.39 is 0 Å². The van der Waals surface area contributed by atoms with Crippen LogP contribution in [0.2, 0.25) is 0 Å². The molecule has 1 aliphatic rings. The van der Waals surface area contributed by atoms with Crippen LogP contribution in [0.1, 0.15) is 18.9 Å². The van der Waals surface area contributed by atoms with Gasteiger partial charge in [-0.2, -0.15) is 0 Å². The maximum Gasteiger partial charge on any atom is 0.123 e. The standard InChI is InChI=1S/C12H17NO/c1-2-7-13-9-11-8-10-5-3-4-6-12(10)14-11/h3-6,11,13H,2,7-9H2,1H3/t11-/m1/s1. The first-order valence-corrected chi connectivity index (χ1v) is 5.35. The molecule has 1 atom stereocenters. The average molecular weight is 191 g/mol. The fourth-order valence-corrected chi connectivity index (χ4v) is 1.81. The molecule has 1 aliphatic heterocycles. The van der Waals surface area contributed by atoms with E-state index in [1.807, 2.05) is 6.07 Å². The van der Waals surface area contributed by atoms with E-state index in [9.17, 15) is 0 Å². The first-order valence-electron chi connectivity index (χ1n) is 5.35. The van der Waals surface area contributed by atoms with Crippen LogP contribution in [0, 0.1) is 0 Å². The second-order valence-corrected chi connectivity index (χ2v) is 3.76. The Morgan fingerprint density at radius 3 is 3.07 bits per heavy atom. The van der Waals surface area contributed by atoms with Gasteiger partial charge in [-0.15, -0.1) is 0 Å². The van der Waals surface area contributed by atoms with Gasteiger partial charge in [-0.1, -0.05) is 25.1 Å². The van der Waals surface area contributed by atoms with Gasteiger partial charge in [0, 0.05) is 13.0 Å². The molecule has 76 valence electrons. The lowest BCUT2D eigenvalue weighted by Gasteiger charge is -2.10. The van der Waals surface area contributed by atoms with Crippen molar-refractivity contribution in [1.82, 2.24) is 5.32 Å². The summed E-state index contributed by atoms with van der Waals surface area (Å²) in [5.74, 6) is 1.07. The van der Waals surface area contributed by atoms with Gasteiger partial charge in [0.05, 0.1) is 0 Å². The molecule has 1 aromatic rings. The molecule has 0 saturated heterocycles. The molecule has 0 radical (unpaired) electrons. The molecule has 0 aliphatic carbocycles. The van der Waals surface area contributed by atoms with Crippen molar-refractivity contribution in [2.45, 2.75) is 25.9 Å². The molecule has 1 N–H and O–H groups in total. The van der Waals surface area contributed by atoms with Gasteiger partial charge in [-0.25, -0.2) is 0 Å². The Labute approximate surface area is 85.3 Å². The van der Waals surface area contributed by atoms with E-state index in [2.05, 4.69) is 30.4 Å². The molecule has 0 spiro atoms. The number of fused-ring (bicyclic) bond motifs is 1. The Kier molecular flexibility index (Phi) is 3.04. The molecule has 1 aromatic carbocycles. The second-order valence-electron chi connectivity index (χ2n) is 3.76. The Bertz CT molecular complexity index is 273. The van der Waals surface area contributed by atoms with Crippen LogP contribution >= 0.6 is 0 Å². The van der Waals surface area contributed by atoms with Crippen molar-refractivity contribution in [3.63, 3.8) is 0 Å². The molecule has 2 rings (SSSR count). The number of rotatable bonds is 4. The minimum Gasteiger partial charge on any atom is -0.488 e. The molecule has 1 heterocycles. The fourth-order valence-electron chi connectivity index (χ4n) is 1.81. The second kappa shape index (κ2) is 4.47. The van der Waals surface area contributed by atoms with E-state index in [0.717, 1.165) is 25.3 Å². The van der Waals surface area contributed by atoms with Crippen LogP contribution in [0.25, 0.3) is 0 Å². The molecule has 0 unspecified atom stereocenters. The summed E-state index contributed by atoms with van der Waals surface area (Å²) in [6, 6.07) is 8.30. The van der Waals surface area contributed by atoms with Gasteiger partial charge in [-0.05, 0) is 24.6 Å². The summed E-state index contributed by atoms with van der Waals surface area (Å²) in [6.45, 7) is 4.22. The van der Waals surface area contributed by atoms with Crippen LogP contribution in [0.4, 0.5) is 0 Å². The summed E-state index contributed by atoms with van der Waals surface area (Å²) in [5, 5.41) is 3.39. The number of nitrogens with one attached hydrogen (secondary N) is 1. The van der Waals surface area contributed by atoms with Gasteiger partial charge in [0.1, 0.15) is 11.9 Å². The zero-order chi connectivity index (χ0) is 9.80. The lowest BCUT2D eigenvalue weighted by Crippen LogP contribution is -2.30. The van der Waals surface area contributed by atoms with Crippen molar-refractivity contribution in [3.8, 4) is 5.75 Å².